The molecule has 128 valence electrons. The highest BCUT2D eigenvalue weighted by molar-refractivity contribution is 5.30. The Balaban J connectivity index is 1.38. The van der Waals surface area contributed by atoms with Gasteiger partial charge in [0.25, 0.3) is 0 Å². The van der Waals surface area contributed by atoms with Crippen molar-refractivity contribution in [3.05, 3.63) is 41.3 Å². The van der Waals surface area contributed by atoms with Crippen LogP contribution in [-0.2, 0) is 6.42 Å². The van der Waals surface area contributed by atoms with Gasteiger partial charge in [0.2, 0.25) is 5.89 Å². The number of piperidine rings is 1. The van der Waals surface area contributed by atoms with Gasteiger partial charge in [0.15, 0.2) is 17.4 Å². The van der Waals surface area contributed by atoms with E-state index in [9.17, 15) is 4.39 Å². The van der Waals surface area contributed by atoms with Gasteiger partial charge in [-0.3, -0.25) is 0 Å². The van der Waals surface area contributed by atoms with E-state index >= 15 is 0 Å². The van der Waals surface area contributed by atoms with Crippen molar-refractivity contribution in [3.63, 3.8) is 0 Å². The second-order valence-electron chi connectivity index (χ2n) is 6.74. The third-order valence-electron chi connectivity index (χ3n) is 5.00. The minimum atomic E-state index is -0.369. The first-order chi connectivity index (χ1) is 11.7. The Morgan fingerprint density at radius 1 is 1.25 bits per heavy atom. The molecule has 5 nitrogen and oxygen atoms in total. The van der Waals surface area contributed by atoms with Crippen molar-refractivity contribution in [2.45, 2.75) is 44.1 Å². The average molecular weight is 331 g/mol. The number of hydrogen-bond donors (Lipinski definition) is 0. The van der Waals surface area contributed by atoms with E-state index in [1.807, 2.05) is 6.07 Å². The number of halogens is 1. The maximum Gasteiger partial charge on any atom is 0.229 e. The summed E-state index contributed by atoms with van der Waals surface area (Å²) in [6.45, 7) is 2.24. The monoisotopic (exact) mass is 331 g/mol. The largest absolute Gasteiger partial charge is 0.494 e. The molecular weight excluding hydrogens is 309 g/mol. The van der Waals surface area contributed by atoms with E-state index in [2.05, 4.69) is 15.0 Å². The first kappa shape index (κ1) is 15.6. The maximum absolute atomic E-state index is 13.8. The number of methoxy groups -OCH3 is 1. The van der Waals surface area contributed by atoms with Crippen molar-refractivity contribution in [3.8, 4) is 5.75 Å². The van der Waals surface area contributed by atoms with E-state index in [1.54, 1.807) is 6.07 Å². The van der Waals surface area contributed by atoms with Crippen LogP contribution in [0.25, 0.3) is 0 Å². The van der Waals surface area contributed by atoms with Gasteiger partial charge >= 0.3 is 0 Å². The number of hydrogen-bond acceptors (Lipinski definition) is 5. The Morgan fingerprint density at radius 2 is 2.04 bits per heavy atom. The Bertz CT molecular complexity index is 706. The molecule has 2 fully saturated rings. The van der Waals surface area contributed by atoms with Crippen LogP contribution in [0.2, 0.25) is 0 Å². The fraction of sp³-hybridized carbons (Fsp3) is 0.556. The van der Waals surface area contributed by atoms with Crippen LogP contribution >= 0.6 is 0 Å². The second kappa shape index (κ2) is 6.51. The van der Waals surface area contributed by atoms with Crippen LogP contribution in [0.4, 0.5) is 4.39 Å². The first-order valence-corrected chi connectivity index (χ1v) is 8.62. The lowest BCUT2D eigenvalue weighted by molar-refractivity contribution is 0.186. The van der Waals surface area contributed by atoms with E-state index in [1.165, 1.54) is 26.0 Å². The average Bonchev–Trinajstić information content (AvgIpc) is 3.35. The van der Waals surface area contributed by atoms with E-state index in [0.29, 0.717) is 18.2 Å². The molecule has 24 heavy (non-hydrogen) atoms. The minimum Gasteiger partial charge on any atom is -0.494 e. The van der Waals surface area contributed by atoms with Crippen LogP contribution in [0.3, 0.4) is 0 Å². The lowest BCUT2D eigenvalue weighted by atomic mass is 9.96. The van der Waals surface area contributed by atoms with Crippen LogP contribution in [0.15, 0.2) is 22.7 Å². The summed E-state index contributed by atoms with van der Waals surface area (Å²) in [4.78, 5) is 7.11. The Morgan fingerprint density at radius 3 is 2.71 bits per heavy atom. The van der Waals surface area contributed by atoms with Crippen molar-refractivity contribution < 1.29 is 13.7 Å². The molecule has 0 atom stereocenters. The van der Waals surface area contributed by atoms with E-state index < -0.39 is 0 Å². The lowest BCUT2D eigenvalue weighted by Crippen LogP contribution is -2.34. The molecule has 1 aromatic heterocycles. The zero-order chi connectivity index (χ0) is 16.5. The molecule has 0 N–H and O–H groups in total. The van der Waals surface area contributed by atoms with Crippen molar-refractivity contribution in [1.29, 1.82) is 0 Å². The van der Waals surface area contributed by atoms with Crippen LogP contribution in [0.1, 0.15) is 48.9 Å². The van der Waals surface area contributed by atoms with Gasteiger partial charge in [-0.25, -0.2) is 4.39 Å². The number of likely N-dealkylation sites (tertiary alicyclic amines) is 1. The summed E-state index contributed by atoms with van der Waals surface area (Å²) in [7, 11) is 1.46. The van der Waals surface area contributed by atoms with E-state index in [-0.39, 0.29) is 11.6 Å². The third kappa shape index (κ3) is 3.29. The smallest absolute Gasteiger partial charge is 0.229 e. The van der Waals surface area contributed by atoms with Gasteiger partial charge in [-0.15, -0.1) is 0 Å². The molecule has 2 heterocycles. The van der Waals surface area contributed by atoms with E-state index in [0.717, 1.165) is 43.4 Å². The molecule has 1 saturated heterocycles. The van der Waals surface area contributed by atoms with Gasteiger partial charge < -0.3 is 14.2 Å². The standard InChI is InChI=1S/C18H22FN3O2/c1-23-16-5-2-12(10-15(16)19)11-17-20-18(24-21-17)13-6-8-22(9-7-13)14-3-4-14/h2,5,10,13-14H,3-4,6-9,11H2,1H3. The highest BCUT2D eigenvalue weighted by Crippen LogP contribution is 2.34. The zero-order valence-corrected chi connectivity index (χ0v) is 13.9. The first-order valence-electron chi connectivity index (χ1n) is 8.62. The van der Waals surface area contributed by atoms with Crippen LogP contribution in [0, 0.1) is 5.82 Å². The zero-order valence-electron chi connectivity index (χ0n) is 13.9. The molecule has 1 saturated carbocycles. The van der Waals surface area contributed by atoms with Gasteiger partial charge in [-0.05, 0) is 56.5 Å². The molecule has 1 aliphatic heterocycles. The van der Waals surface area contributed by atoms with Gasteiger partial charge in [0.05, 0.1) is 7.11 Å². The van der Waals surface area contributed by atoms with Gasteiger partial charge in [-0.2, -0.15) is 4.98 Å². The molecule has 2 aromatic rings. The van der Waals surface area contributed by atoms with Crippen LogP contribution < -0.4 is 4.74 Å². The SMILES string of the molecule is COc1ccc(Cc2noc(C3CCN(C4CC4)CC3)n2)cc1F. The summed E-state index contributed by atoms with van der Waals surface area (Å²) in [5, 5.41) is 4.07. The molecule has 1 aliphatic carbocycles. The molecule has 0 bridgehead atoms. The molecule has 1 aromatic carbocycles. The van der Waals surface area contributed by atoms with Crippen LogP contribution in [0.5, 0.6) is 5.75 Å². The summed E-state index contributed by atoms with van der Waals surface area (Å²) in [5.41, 5.74) is 0.809. The van der Waals surface area contributed by atoms with E-state index in [4.69, 9.17) is 9.26 Å². The summed E-state index contributed by atoms with van der Waals surface area (Å²) < 4.78 is 24.2. The Hall–Kier alpha value is -1.95. The number of ether oxygens (including phenoxy) is 1. The molecular formula is C18H22FN3O2. The van der Waals surface area contributed by atoms with Crippen molar-refractivity contribution in [2.24, 2.45) is 0 Å². The lowest BCUT2D eigenvalue weighted by Gasteiger charge is -2.30. The maximum atomic E-state index is 13.8. The second-order valence-corrected chi connectivity index (χ2v) is 6.74. The summed E-state index contributed by atoms with van der Waals surface area (Å²) in [5.74, 6) is 1.57. The van der Waals surface area contributed by atoms with Gasteiger partial charge in [-0.1, -0.05) is 11.2 Å². The molecule has 2 aliphatic rings. The number of rotatable bonds is 5. The van der Waals surface area contributed by atoms with Gasteiger partial charge in [0, 0.05) is 18.4 Å². The predicted molar refractivity (Wildman–Crippen MR) is 86.6 cm³/mol. The molecule has 6 heteroatoms. The highest BCUT2D eigenvalue weighted by atomic mass is 19.1. The molecule has 4 rings (SSSR count). The summed E-state index contributed by atoms with van der Waals surface area (Å²) in [6.07, 6.45) is 5.33. The number of nitrogens with zero attached hydrogens (tertiary/aromatic N) is 3. The molecule has 0 unspecified atom stereocenters. The fourth-order valence-electron chi connectivity index (χ4n) is 3.46. The van der Waals surface area contributed by atoms with Crippen molar-refractivity contribution in [1.82, 2.24) is 15.0 Å². The number of benzene rings is 1. The Kier molecular flexibility index (Phi) is 4.22. The van der Waals surface area contributed by atoms with Gasteiger partial charge in [0.1, 0.15) is 0 Å². The third-order valence-corrected chi connectivity index (χ3v) is 5.00. The highest BCUT2D eigenvalue weighted by Gasteiger charge is 2.33. The minimum absolute atomic E-state index is 0.245. The summed E-state index contributed by atoms with van der Waals surface area (Å²) >= 11 is 0. The topological polar surface area (TPSA) is 51.4 Å². The fourth-order valence-corrected chi connectivity index (χ4v) is 3.46. The molecule has 0 spiro atoms. The Labute approximate surface area is 140 Å². The molecule has 0 radical (unpaired) electrons. The molecule has 0 amide bonds. The quantitative estimate of drug-likeness (QED) is 0.842. The van der Waals surface area contributed by atoms with Crippen molar-refractivity contribution in [2.75, 3.05) is 20.2 Å². The van der Waals surface area contributed by atoms with Crippen LogP contribution in [-0.4, -0.2) is 41.3 Å². The number of aromatic nitrogens is 2. The predicted octanol–water partition coefficient (Wildman–Crippen LogP) is 3.15. The summed E-state index contributed by atoms with van der Waals surface area (Å²) in [6, 6.07) is 5.74. The van der Waals surface area contributed by atoms with Crippen molar-refractivity contribution >= 4 is 0 Å². The normalized spacial score (nSPS) is 19.6.